The summed E-state index contributed by atoms with van der Waals surface area (Å²) < 4.78 is 10.9. The lowest BCUT2D eigenvalue weighted by atomic mass is 9.81. The summed E-state index contributed by atoms with van der Waals surface area (Å²) in [5.74, 6) is -1.37. The highest BCUT2D eigenvalue weighted by molar-refractivity contribution is 5.84. The third-order valence-corrected chi connectivity index (χ3v) is 7.48. The van der Waals surface area contributed by atoms with Gasteiger partial charge in [0.25, 0.3) is 5.91 Å². The highest BCUT2D eigenvalue weighted by Gasteiger charge is 2.48. The summed E-state index contributed by atoms with van der Waals surface area (Å²) in [6.45, 7) is 4.41. The predicted octanol–water partition coefficient (Wildman–Crippen LogP) is 3.50. The van der Waals surface area contributed by atoms with E-state index in [0.717, 1.165) is 22.3 Å². The van der Waals surface area contributed by atoms with Gasteiger partial charge in [0.15, 0.2) is 0 Å². The molecule has 4 rings (SSSR count). The molecule has 1 saturated heterocycles. The van der Waals surface area contributed by atoms with Crippen LogP contribution in [0.2, 0.25) is 0 Å². The quantitative estimate of drug-likeness (QED) is 0.599. The van der Waals surface area contributed by atoms with Crippen molar-refractivity contribution in [3.8, 4) is 11.1 Å². The second kappa shape index (κ2) is 10.1. The molecular formula is C27H32N2O6. The minimum absolute atomic E-state index is 0.0258. The lowest BCUT2D eigenvalue weighted by molar-refractivity contribution is -0.149. The lowest BCUT2D eigenvalue weighted by Gasteiger charge is -2.24. The van der Waals surface area contributed by atoms with E-state index in [-0.39, 0.29) is 43.9 Å². The molecule has 1 heterocycles. The summed E-state index contributed by atoms with van der Waals surface area (Å²) >= 11 is 0. The van der Waals surface area contributed by atoms with E-state index >= 15 is 0 Å². The first-order valence-corrected chi connectivity index (χ1v) is 11.9. The van der Waals surface area contributed by atoms with Gasteiger partial charge in [0.1, 0.15) is 12.7 Å². The van der Waals surface area contributed by atoms with E-state index in [2.05, 4.69) is 29.6 Å². The van der Waals surface area contributed by atoms with Crippen LogP contribution in [-0.4, -0.2) is 67.4 Å². The van der Waals surface area contributed by atoms with E-state index in [9.17, 15) is 19.5 Å². The highest BCUT2D eigenvalue weighted by atomic mass is 16.5. The van der Waals surface area contributed by atoms with Crippen molar-refractivity contribution in [3.05, 3.63) is 59.7 Å². The maximum Gasteiger partial charge on any atom is 0.407 e. The number of hydrogen-bond donors (Lipinski definition) is 2. The highest BCUT2D eigenvalue weighted by Crippen LogP contribution is 2.44. The molecule has 0 aromatic heterocycles. The van der Waals surface area contributed by atoms with Crippen LogP contribution in [0.25, 0.3) is 11.1 Å². The van der Waals surface area contributed by atoms with E-state index in [1.807, 2.05) is 31.2 Å². The Bertz CT molecular complexity index is 1070. The summed E-state index contributed by atoms with van der Waals surface area (Å²) in [5.41, 5.74) is 3.62. The Kier molecular flexibility index (Phi) is 7.12. The molecule has 3 atom stereocenters. The van der Waals surface area contributed by atoms with Gasteiger partial charge in [-0.2, -0.15) is 0 Å². The van der Waals surface area contributed by atoms with Gasteiger partial charge in [-0.15, -0.1) is 0 Å². The molecule has 1 aliphatic heterocycles. The SMILES string of the molecule is COC(CCNC(=O)OCC1c2ccccc2-c2ccccc21)C(=O)N1CC(C)C(C)(C(=O)O)C1. The summed E-state index contributed by atoms with van der Waals surface area (Å²) in [6, 6.07) is 16.3. The van der Waals surface area contributed by atoms with Gasteiger partial charge < -0.3 is 24.8 Å². The normalized spacial score (nSPS) is 21.8. The maximum atomic E-state index is 12.9. The molecule has 8 nitrogen and oxygen atoms in total. The number of methoxy groups -OCH3 is 1. The minimum atomic E-state index is -0.979. The van der Waals surface area contributed by atoms with Crippen LogP contribution in [0.5, 0.6) is 0 Å². The summed E-state index contributed by atoms with van der Waals surface area (Å²) in [6.07, 6.45) is -1.07. The van der Waals surface area contributed by atoms with Crippen molar-refractivity contribution in [3.63, 3.8) is 0 Å². The van der Waals surface area contributed by atoms with Gasteiger partial charge in [0.2, 0.25) is 0 Å². The number of rotatable bonds is 8. The Morgan fingerprint density at radius 2 is 1.71 bits per heavy atom. The van der Waals surface area contributed by atoms with Gasteiger partial charge in [0.05, 0.1) is 5.41 Å². The van der Waals surface area contributed by atoms with E-state index in [4.69, 9.17) is 9.47 Å². The molecule has 2 aromatic rings. The second-order valence-corrected chi connectivity index (χ2v) is 9.61. The van der Waals surface area contributed by atoms with E-state index in [1.165, 1.54) is 7.11 Å². The number of carbonyl (C=O) groups is 3. The van der Waals surface area contributed by atoms with Crippen molar-refractivity contribution in [2.45, 2.75) is 32.3 Å². The Labute approximate surface area is 205 Å². The maximum absolute atomic E-state index is 12.9. The average molecular weight is 481 g/mol. The van der Waals surface area contributed by atoms with E-state index in [0.29, 0.717) is 6.54 Å². The van der Waals surface area contributed by atoms with Crippen LogP contribution in [0.3, 0.4) is 0 Å². The second-order valence-electron chi connectivity index (χ2n) is 9.61. The number of fused-ring (bicyclic) bond motifs is 3. The molecule has 8 heteroatoms. The molecule has 186 valence electrons. The first kappa shape index (κ1) is 24.7. The topological polar surface area (TPSA) is 105 Å². The largest absolute Gasteiger partial charge is 0.481 e. The molecule has 1 aliphatic carbocycles. The minimum Gasteiger partial charge on any atom is -0.481 e. The number of alkyl carbamates (subject to hydrolysis) is 1. The van der Waals surface area contributed by atoms with Crippen molar-refractivity contribution in [1.29, 1.82) is 0 Å². The Hall–Kier alpha value is -3.39. The summed E-state index contributed by atoms with van der Waals surface area (Å²) in [7, 11) is 1.44. The molecule has 0 radical (unpaired) electrons. The fraction of sp³-hybridized carbons (Fsp3) is 0.444. The van der Waals surface area contributed by atoms with Gasteiger partial charge in [-0.3, -0.25) is 9.59 Å². The smallest absolute Gasteiger partial charge is 0.407 e. The molecule has 0 bridgehead atoms. The van der Waals surface area contributed by atoms with E-state index < -0.39 is 23.6 Å². The van der Waals surface area contributed by atoms with Crippen molar-refractivity contribution in [2.75, 3.05) is 33.4 Å². The van der Waals surface area contributed by atoms with E-state index in [1.54, 1.807) is 11.8 Å². The number of carbonyl (C=O) groups excluding carboxylic acids is 2. The number of likely N-dealkylation sites (tertiary alicyclic amines) is 1. The number of benzene rings is 2. The first-order valence-electron chi connectivity index (χ1n) is 11.9. The van der Waals surface area contributed by atoms with Crippen LogP contribution in [0.1, 0.15) is 37.3 Å². The number of carboxylic acids is 1. The Morgan fingerprint density at radius 3 is 2.26 bits per heavy atom. The van der Waals surface area contributed by atoms with Gasteiger partial charge in [-0.05, 0) is 35.1 Å². The molecule has 2 N–H and O–H groups in total. The number of hydrogen-bond acceptors (Lipinski definition) is 5. The van der Waals surface area contributed by atoms with Crippen LogP contribution in [-0.2, 0) is 19.1 Å². The summed E-state index contributed by atoms with van der Waals surface area (Å²) in [4.78, 5) is 38.5. The lowest BCUT2D eigenvalue weighted by Crippen LogP contribution is -2.42. The molecule has 0 spiro atoms. The Morgan fingerprint density at radius 1 is 1.11 bits per heavy atom. The molecule has 35 heavy (non-hydrogen) atoms. The number of carboxylic acid groups (broad SMARTS) is 1. The fourth-order valence-electron chi connectivity index (χ4n) is 5.10. The van der Waals surface area contributed by atoms with Gasteiger partial charge in [-0.1, -0.05) is 55.5 Å². The van der Waals surface area contributed by atoms with Crippen molar-refractivity contribution >= 4 is 18.0 Å². The third kappa shape index (κ3) is 4.75. The number of nitrogens with zero attached hydrogens (tertiary/aromatic N) is 1. The van der Waals surface area contributed by atoms with Crippen LogP contribution >= 0.6 is 0 Å². The van der Waals surface area contributed by atoms with Crippen LogP contribution in [0.15, 0.2) is 48.5 Å². The molecule has 0 saturated carbocycles. The first-order chi connectivity index (χ1) is 16.8. The van der Waals surface area contributed by atoms with Crippen molar-refractivity contribution in [2.24, 2.45) is 11.3 Å². The Balaban J connectivity index is 1.28. The zero-order chi connectivity index (χ0) is 25.2. The number of aliphatic carboxylic acids is 1. The third-order valence-electron chi connectivity index (χ3n) is 7.48. The van der Waals surface area contributed by atoms with Gasteiger partial charge in [0, 0.05) is 39.1 Å². The zero-order valence-corrected chi connectivity index (χ0v) is 20.3. The standard InChI is InChI=1S/C27H32N2O6/c1-17-14-29(16-27(17,2)25(31)32)24(30)23(34-3)12-13-28-26(33)35-15-22-20-10-6-4-8-18(20)19-9-5-7-11-21(19)22/h4-11,17,22-23H,12-16H2,1-3H3,(H,28,33)(H,31,32). The monoisotopic (exact) mass is 480 g/mol. The van der Waals surface area contributed by atoms with Gasteiger partial charge >= 0.3 is 12.1 Å². The van der Waals surface area contributed by atoms with Crippen LogP contribution in [0.4, 0.5) is 4.79 Å². The molecule has 1 fully saturated rings. The number of ether oxygens (including phenoxy) is 2. The molecular weight excluding hydrogens is 448 g/mol. The fourth-order valence-corrected chi connectivity index (χ4v) is 5.10. The number of amides is 2. The zero-order valence-electron chi connectivity index (χ0n) is 20.3. The molecule has 2 aromatic carbocycles. The van der Waals surface area contributed by atoms with Crippen LogP contribution < -0.4 is 5.32 Å². The van der Waals surface area contributed by atoms with Gasteiger partial charge in [-0.25, -0.2) is 4.79 Å². The van der Waals surface area contributed by atoms with Crippen molar-refractivity contribution < 1.29 is 29.0 Å². The predicted molar refractivity (Wildman–Crippen MR) is 130 cm³/mol. The molecule has 2 amide bonds. The van der Waals surface area contributed by atoms with Crippen LogP contribution in [0, 0.1) is 11.3 Å². The average Bonchev–Trinajstić information content (AvgIpc) is 3.35. The molecule has 3 unspecified atom stereocenters. The molecule has 2 aliphatic rings. The summed E-state index contributed by atoms with van der Waals surface area (Å²) in [5, 5.41) is 12.2. The van der Waals surface area contributed by atoms with Crippen molar-refractivity contribution in [1.82, 2.24) is 10.2 Å². The number of nitrogens with one attached hydrogen (secondary N) is 1.